The maximum absolute atomic E-state index is 12.4. The minimum Gasteiger partial charge on any atom is -0.481 e. The summed E-state index contributed by atoms with van der Waals surface area (Å²) in [5.74, 6) is -1.19. The van der Waals surface area contributed by atoms with Gasteiger partial charge in [-0.05, 0) is 48.4 Å². The van der Waals surface area contributed by atoms with Crippen LogP contribution in [0.25, 0.3) is 23.1 Å². The molecule has 0 radical (unpaired) electrons. The Hall–Kier alpha value is -2.51. The molecule has 5 nitrogen and oxygen atoms in total. The van der Waals surface area contributed by atoms with Gasteiger partial charge in [0.05, 0.1) is 21.9 Å². The number of aliphatic carboxylic acids is 1. The van der Waals surface area contributed by atoms with Gasteiger partial charge in [-0.25, -0.2) is 13.4 Å². The first-order valence-electron chi connectivity index (χ1n) is 8.62. The maximum atomic E-state index is 12.4. The Morgan fingerprint density at radius 1 is 1.07 bits per heavy atom. The summed E-state index contributed by atoms with van der Waals surface area (Å²) in [7, 11) is -3.51. The number of carbonyl (C=O) groups is 1. The van der Waals surface area contributed by atoms with Crippen molar-refractivity contribution in [3.05, 3.63) is 70.3 Å². The Kier molecular flexibility index (Phi) is 6.26. The van der Waals surface area contributed by atoms with Crippen molar-refractivity contribution in [1.82, 2.24) is 4.98 Å². The largest absolute Gasteiger partial charge is 0.481 e. The van der Waals surface area contributed by atoms with Crippen LogP contribution in [-0.4, -0.2) is 30.2 Å². The van der Waals surface area contributed by atoms with Gasteiger partial charge >= 0.3 is 5.97 Å². The zero-order valence-corrected chi connectivity index (χ0v) is 17.3. The summed E-state index contributed by atoms with van der Waals surface area (Å²) in [5, 5.41) is 9.71. The second-order valence-corrected chi connectivity index (χ2v) is 9.32. The normalized spacial score (nSPS) is 11.9. The Morgan fingerprint density at radius 2 is 1.86 bits per heavy atom. The highest BCUT2D eigenvalue weighted by Crippen LogP contribution is 2.20. The lowest BCUT2D eigenvalue weighted by molar-refractivity contribution is -0.137. The number of hydrogen-bond donors (Lipinski definition) is 1. The number of nitrogens with zero attached hydrogens (tertiary/aromatic N) is 1. The van der Waals surface area contributed by atoms with E-state index < -0.39 is 15.8 Å². The molecule has 0 unspecified atom stereocenters. The number of pyridine rings is 1. The van der Waals surface area contributed by atoms with Gasteiger partial charge in [-0.1, -0.05) is 46.3 Å². The average Bonchev–Trinajstić information content (AvgIpc) is 2.66. The second kappa shape index (κ2) is 8.67. The molecule has 0 atom stereocenters. The molecule has 7 heteroatoms. The fourth-order valence-electron chi connectivity index (χ4n) is 2.72. The van der Waals surface area contributed by atoms with E-state index in [1.807, 2.05) is 48.6 Å². The van der Waals surface area contributed by atoms with Crippen LogP contribution in [0.15, 0.2) is 64.0 Å². The molecule has 0 fully saturated rings. The van der Waals surface area contributed by atoms with Crippen molar-refractivity contribution in [2.24, 2.45) is 0 Å². The molecule has 0 saturated heterocycles. The van der Waals surface area contributed by atoms with E-state index >= 15 is 0 Å². The van der Waals surface area contributed by atoms with Gasteiger partial charge in [0.1, 0.15) is 0 Å². The summed E-state index contributed by atoms with van der Waals surface area (Å²) in [5.41, 5.74) is 2.36. The van der Waals surface area contributed by atoms with Crippen LogP contribution in [0.1, 0.15) is 24.1 Å². The summed E-state index contributed by atoms with van der Waals surface area (Å²) in [6, 6.07) is 16.4. The third-order valence-corrected chi connectivity index (χ3v) is 6.43. The van der Waals surface area contributed by atoms with Crippen molar-refractivity contribution in [2.45, 2.75) is 17.7 Å². The molecule has 0 aliphatic rings. The number of benzene rings is 2. The molecule has 0 saturated carbocycles. The molecule has 0 aliphatic heterocycles. The summed E-state index contributed by atoms with van der Waals surface area (Å²) in [6.07, 6.45) is 3.57. The van der Waals surface area contributed by atoms with Crippen LogP contribution in [0.5, 0.6) is 0 Å². The fraction of sp³-hybridized carbons (Fsp3) is 0.143. The van der Waals surface area contributed by atoms with E-state index in [1.165, 1.54) is 6.07 Å². The predicted molar refractivity (Wildman–Crippen MR) is 114 cm³/mol. The van der Waals surface area contributed by atoms with Crippen LogP contribution in [0.3, 0.4) is 0 Å². The number of aromatic nitrogens is 1. The standard InChI is InChI=1S/C21H18BrNO4S/c22-17-9-7-16-8-11-18(23-20(16)14-17)10-6-15-3-1-4-19(13-15)28(26,27)12-2-5-21(24)25/h1,3-4,6-11,13-14H,2,5,12H2,(H,24,25). The van der Waals surface area contributed by atoms with Gasteiger partial charge in [-0.15, -0.1) is 0 Å². The van der Waals surface area contributed by atoms with Gasteiger partial charge in [0.15, 0.2) is 9.84 Å². The number of halogens is 1. The van der Waals surface area contributed by atoms with Gasteiger partial charge in [-0.3, -0.25) is 4.79 Å². The highest BCUT2D eigenvalue weighted by atomic mass is 79.9. The lowest BCUT2D eigenvalue weighted by Gasteiger charge is -2.05. The number of carboxylic acids is 1. The molecular formula is C21H18BrNO4S. The highest BCUT2D eigenvalue weighted by Gasteiger charge is 2.15. The number of carboxylic acid groups (broad SMARTS) is 1. The number of fused-ring (bicyclic) bond motifs is 1. The van der Waals surface area contributed by atoms with Crippen LogP contribution in [0.4, 0.5) is 0 Å². The highest BCUT2D eigenvalue weighted by molar-refractivity contribution is 9.10. The monoisotopic (exact) mass is 459 g/mol. The SMILES string of the molecule is O=C(O)CCCS(=O)(=O)c1cccc(C=Cc2ccc3ccc(Br)cc3n2)c1. The van der Waals surface area contributed by atoms with E-state index in [9.17, 15) is 13.2 Å². The van der Waals surface area contributed by atoms with Crippen molar-refractivity contribution in [3.63, 3.8) is 0 Å². The lowest BCUT2D eigenvalue weighted by atomic mass is 10.1. The third-order valence-electron chi connectivity index (χ3n) is 4.14. The minimum absolute atomic E-state index is 0.0916. The van der Waals surface area contributed by atoms with E-state index in [0.717, 1.165) is 26.6 Å². The Labute approximate surface area is 171 Å². The summed E-state index contributed by atoms with van der Waals surface area (Å²) in [4.78, 5) is 15.4. The smallest absolute Gasteiger partial charge is 0.303 e. The van der Waals surface area contributed by atoms with E-state index in [4.69, 9.17) is 5.11 Å². The maximum Gasteiger partial charge on any atom is 0.303 e. The number of hydrogen-bond acceptors (Lipinski definition) is 4. The quantitative estimate of drug-likeness (QED) is 0.547. The Balaban J connectivity index is 1.79. The predicted octanol–water partition coefficient (Wildman–Crippen LogP) is 4.81. The third kappa shape index (κ3) is 5.27. The first kappa shape index (κ1) is 20.2. The van der Waals surface area contributed by atoms with Crippen LogP contribution < -0.4 is 0 Å². The zero-order valence-electron chi connectivity index (χ0n) is 14.9. The average molecular weight is 460 g/mol. The molecular weight excluding hydrogens is 442 g/mol. The zero-order chi connectivity index (χ0) is 20.1. The summed E-state index contributed by atoms with van der Waals surface area (Å²) >= 11 is 3.44. The van der Waals surface area contributed by atoms with Crippen molar-refractivity contribution < 1.29 is 18.3 Å². The first-order valence-corrected chi connectivity index (χ1v) is 11.1. The minimum atomic E-state index is -3.51. The van der Waals surface area contributed by atoms with Crippen LogP contribution >= 0.6 is 15.9 Å². The second-order valence-electron chi connectivity index (χ2n) is 6.30. The van der Waals surface area contributed by atoms with Crippen molar-refractivity contribution in [3.8, 4) is 0 Å². The molecule has 144 valence electrons. The van der Waals surface area contributed by atoms with Crippen molar-refractivity contribution in [2.75, 3.05) is 5.75 Å². The van der Waals surface area contributed by atoms with E-state index in [2.05, 4.69) is 20.9 Å². The molecule has 0 amide bonds. The topological polar surface area (TPSA) is 84.3 Å². The number of rotatable bonds is 7. The molecule has 0 aliphatic carbocycles. The molecule has 1 aromatic heterocycles. The summed E-state index contributed by atoms with van der Waals surface area (Å²) in [6.45, 7) is 0. The molecule has 3 rings (SSSR count). The van der Waals surface area contributed by atoms with Crippen LogP contribution in [0, 0.1) is 0 Å². The van der Waals surface area contributed by atoms with E-state index in [1.54, 1.807) is 12.1 Å². The first-order chi connectivity index (χ1) is 13.3. The van der Waals surface area contributed by atoms with Crippen molar-refractivity contribution in [1.29, 1.82) is 0 Å². The molecule has 0 spiro atoms. The molecule has 28 heavy (non-hydrogen) atoms. The fourth-order valence-corrected chi connectivity index (χ4v) is 4.43. The molecule has 1 heterocycles. The van der Waals surface area contributed by atoms with Gasteiger partial charge in [0, 0.05) is 16.3 Å². The van der Waals surface area contributed by atoms with Crippen molar-refractivity contribution >= 4 is 54.8 Å². The van der Waals surface area contributed by atoms with Crippen LogP contribution in [0.2, 0.25) is 0 Å². The number of sulfone groups is 1. The van der Waals surface area contributed by atoms with Gasteiger partial charge < -0.3 is 5.11 Å². The molecule has 2 aromatic carbocycles. The molecule has 1 N–H and O–H groups in total. The molecule has 3 aromatic rings. The van der Waals surface area contributed by atoms with Gasteiger partial charge in [-0.2, -0.15) is 0 Å². The summed E-state index contributed by atoms with van der Waals surface area (Å²) < 4.78 is 25.7. The Bertz CT molecular complexity index is 1160. The van der Waals surface area contributed by atoms with Crippen LogP contribution in [-0.2, 0) is 14.6 Å². The van der Waals surface area contributed by atoms with Gasteiger partial charge in [0.2, 0.25) is 0 Å². The van der Waals surface area contributed by atoms with Gasteiger partial charge in [0.25, 0.3) is 0 Å². The Morgan fingerprint density at radius 3 is 2.64 bits per heavy atom. The lowest BCUT2D eigenvalue weighted by Crippen LogP contribution is -2.08. The molecule has 0 bridgehead atoms. The van der Waals surface area contributed by atoms with E-state index in [-0.39, 0.29) is 23.5 Å². The van der Waals surface area contributed by atoms with E-state index in [0.29, 0.717) is 0 Å².